The fraction of sp³-hybridized carbons (Fsp3) is 0.429. The summed E-state index contributed by atoms with van der Waals surface area (Å²) >= 11 is 6.56. The molecule has 40 heavy (non-hydrogen) atoms. The summed E-state index contributed by atoms with van der Waals surface area (Å²) in [6.45, 7) is 6.88. The molecule has 5 heteroatoms. The van der Waals surface area contributed by atoms with E-state index in [1.807, 2.05) is 54.6 Å². The molecule has 1 atom stereocenters. The zero-order valence-corrected chi connectivity index (χ0v) is 24.9. The average molecular weight is 559 g/mol. The second kappa shape index (κ2) is 14.0. The Balaban J connectivity index is 1.59. The molecular formula is C35H43ClN2O2. The van der Waals surface area contributed by atoms with E-state index in [4.69, 9.17) is 11.6 Å². The van der Waals surface area contributed by atoms with Gasteiger partial charge in [0.2, 0.25) is 11.8 Å². The Kier molecular flexibility index (Phi) is 10.4. The molecule has 4 nitrogen and oxygen atoms in total. The van der Waals surface area contributed by atoms with Crippen LogP contribution in [0, 0.1) is 0 Å². The molecule has 2 amide bonds. The van der Waals surface area contributed by atoms with E-state index in [1.165, 1.54) is 12.0 Å². The average Bonchev–Trinajstić information content (AvgIpc) is 2.95. The number of hydrogen-bond acceptors (Lipinski definition) is 2. The van der Waals surface area contributed by atoms with Gasteiger partial charge in [0.25, 0.3) is 0 Å². The number of rotatable bonds is 10. The van der Waals surface area contributed by atoms with Crippen LogP contribution in [0.5, 0.6) is 0 Å². The Hall–Kier alpha value is -3.11. The van der Waals surface area contributed by atoms with Crippen molar-refractivity contribution in [1.29, 1.82) is 0 Å². The first kappa shape index (κ1) is 29.9. The number of amides is 2. The third-order valence-electron chi connectivity index (χ3n) is 7.97. The monoisotopic (exact) mass is 558 g/mol. The summed E-state index contributed by atoms with van der Waals surface area (Å²) in [5, 5.41) is 3.90. The predicted octanol–water partition coefficient (Wildman–Crippen LogP) is 7.66. The van der Waals surface area contributed by atoms with Gasteiger partial charge in [-0.25, -0.2) is 0 Å². The molecule has 0 unspecified atom stereocenters. The van der Waals surface area contributed by atoms with Crippen molar-refractivity contribution >= 4 is 23.4 Å². The lowest BCUT2D eigenvalue weighted by atomic mass is 9.86. The minimum absolute atomic E-state index is 0.0421. The number of carbonyl (C=O) groups is 2. The number of benzene rings is 3. The van der Waals surface area contributed by atoms with Crippen molar-refractivity contribution in [3.63, 3.8) is 0 Å². The second-order valence-electron chi connectivity index (χ2n) is 12.1. The number of halogens is 1. The van der Waals surface area contributed by atoms with Gasteiger partial charge in [-0.1, -0.05) is 124 Å². The maximum Gasteiger partial charge on any atom is 0.243 e. The molecule has 0 bridgehead atoms. The first-order valence-corrected chi connectivity index (χ1v) is 15.0. The summed E-state index contributed by atoms with van der Waals surface area (Å²) in [6.07, 6.45) is 6.85. The fourth-order valence-electron chi connectivity index (χ4n) is 5.47. The third kappa shape index (κ3) is 8.44. The van der Waals surface area contributed by atoms with Crippen LogP contribution in [0.2, 0.25) is 5.02 Å². The summed E-state index contributed by atoms with van der Waals surface area (Å²) in [5.41, 5.74) is 4.34. The summed E-state index contributed by atoms with van der Waals surface area (Å²) in [5.74, 6) is -0.120. The van der Waals surface area contributed by atoms with E-state index in [-0.39, 0.29) is 29.8 Å². The molecule has 0 spiro atoms. The maximum atomic E-state index is 14.0. The molecule has 0 radical (unpaired) electrons. The van der Waals surface area contributed by atoms with Crippen LogP contribution in [0.1, 0.15) is 81.5 Å². The van der Waals surface area contributed by atoms with Crippen molar-refractivity contribution in [2.45, 2.75) is 96.2 Å². The molecule has 212 valence electrons. The van der Waals surface area contributed by atoms with Crippen LogP contribution in [-0.4, -0.2) is 28.8 Å². The van der Waals surface area contributed by atoms with Crippen molar-refractivity contribution in [3.05, 3.63) is 106 Å². The van der Waals surface area contributed by atoms with Crippen molar-refractivity contribution < 1.29 is 9.59 Å². The van der Waals surface area contributed by atoms with Gasteiger partial charge in [0.05, 0.1) is 0 Å². The molecule has 1 aliphatic rings. The molecular weight excluding hydrogens is 516 g/mol. The van der Waals surface area contributed by atoms with Crippen molar-refractivity contribution in [3.8, 4) is 0 Å². The highest BCUT2D eigenvalue weighted by Gasteiger charge is 2.32. The van der Waals surface area contributed by atoms with Crippen LogP contribution < -0.4 is 5.32 Å². The van der Waals surface area contributed by atoms with Crippen LogP contribution in [0.4, 0.5) is 0 Å². The summed E-state index contributed by atoms with van der Waals surface area (Å²) in [4.78, 5) is 29.7. The predicted molar refractivity (Wildman–Crippen MR) is 164 cm³/mol. The van der Waals surface area contributed by atoms with Gasteiger partial charge in [-0.3, -0.25) is 9.59 Å². The molecule has 4 rings (SSSR count). The van der Waals surface area contributed by atoms with Gasteiger partial charge in [-0.15, -0.1) is 0 Å². The molecule has 0 aromatic heterocycles. The Bertz CT molecular complexity index is 1240. The molecule has 0 aliphatic heterocycles. The Morgan fingerprint density at radius 2 is 1.52 bits per heavy atom. The first-order chi connectivity index (χ1) is 19.2. The second-order valence-corrected chi connectivity index (χ2v) is 12.5. The molecule has 3 aromatic rings. The fourth-order valence-corrected chi connectivity index (χ4v) is 5.67. The number of carbonyl (C=O) groups excluding carboxylic acids is 2. The molecule has 1 fully saturated rings. The number of aryl methyl sites for hydroxylation is 1. The van der Waals surface area contributed by atoms with Gasteiger partial charge >= 0.3 is 0 Å². The largest absolute Gasteiger partial charge is 0.352 e. The molecule has 0 saturated heterocycles. The van der Waals surface area contributed by atoms with Crippen LogP contribution in [0.25, 0.3) is 0 Å². The quantitative estimate of drug-likeness (QED) is 0.278. The Labute approximate surface area is 245 Å². The molecule has 1 N–H and O–H groups in total. The van der Waals surface area contributed by atoms with Crippen molar-refractivity contribution in [1.82, 2.24) is 10.2 Å². The molecule has 1 aliphatic carbocycles. The van der Waals surface area contributed by atoms with Crippen LogP contribution >= 0.6 is 11.6 Å². The highest BCUT2D eigenvalue weighted by molar-refractivity contribution is 6.31. The van der Waals surface area contributed by atoms with Gasteiger partial charge in [0.15, 0.2) is 0 Å². The van der Waals surface area contributed by atoms with E-state index in [2.05, 4.69) is 50.4 Å². The lowest BCUT2D eigenvalue weighted by Crippen LogP contribution is -2.53. The minimum Gasteiger partial charge on any atom is -0.352 e. The SMILES string of the molecule is CC(C)(C)c1ccc(CCC(=O)N(Cc2ccccc2Cl)[C@H](Cc2ccccc2)C(=O)NC2CCCCC2)cc1. The first-order valence-electron chi connectivity index (χ1n) is 14.7. The van der Waals surface area contributed by atoms with Crippen LogP contribution in [0.15, 0.2) is 78.9 Å². The standard InChI is InChI=1S/C35H43ClN2O2/c1-35(2,3)29-21-18-26(19-22-29)20-23-33(39)38(25-28-14-10-11-17-31(28)36)32(24-27-12-6-4-7-13-27)34(40)37-30-15-8-5-9-16-30/h4,6-7,10-14,17-19,21-22,30,32H,5,8-9,15-16,20,23-25H2,1-3H3,(H,37,40)/t32-/m1/s1. The van der Waals surface area contributed by atoms with Crippen molar-refractivity contribution in [2.75, 3.05) is 0 Å². The lowest BCUT2D eigenvalue weighted by Gasteiger charge is -2.34. The number of hydrogen-bond donors (Lipinski definition) is 1. The van der Waals surface area contributed by atoms with E-state index in [1.54, 1.807) is 4.90 Å². The van der Waals surface area contributed by atoms with Gasteiger partial charge in [-0.2, -0.15) is 0 Å². The zero-order valence-electron chi connectivity index (χ0n) is 24.2. The lowest BCUT2D eigenvalue weighted by molar-refractivity contribution is -0.141. The highest BCUT2D eigenvalue weighted by Crippen LogP contribution is 2.25. The molecule has 1 saturated carbocycles. The maximum absolute atomic E-state index is 14.0. The van der Waals surface area contributed by atoms with E-state index >= 15 is 0 Å². The zero-order chi connectivity index (χ0) is 28.5. The van der Waals surface area contributed by atoms with Gasteiger partial charge in [0, 0.05) is 30.5 Å². The Morgan fingerprint density at radius 3 is 2.17 bits per heavy atom. The normalized spacial score (nSPS) is 14.9. The van der Waals surface area contributed by atoms with Crippen LogP contribution in [0.3, 0.4) is 0 Å². The minimum atomic E-state index is -0.628. The smallest absolute Gasteiger partial charge is 0.243 e. The van der Waals surface area contributed by atoms with Gasteiger partial charge in [0.1, 0.15) is 6.04 Å². The highest BCUT2D eigenvalue weighted by atomic mass is 35.5. The third-order valence-corrected chi connectivity index (χ3v) is 8.34. The summed E-state index contributed by atoms with van der Waals surface area (Å²) < 4.78 is 0. The summed E-state index contributed by atoms with van der Waals surface area (Å²) in [6, 6.07) is 25.6. The van der Waals surface area contributed by atoms with Gasteiger partial charge < -0.3 is 10.2 Å². The van der Waals surface area contributed by atoms with Crippen molar-refractivity contribution in [2.24, 2.45) is 0 Å². The van der Waals surface area contributed by atoms with E-state index < -0.39 is 6.04 Å². The number of nitrogens with one attached hydrogen (secondary N) is 1. The van der Waals surface area contributed by atoms with Crippen LogP contribution in [-0.2, 0) is 34.4 Å². The molecule has 0 heterocycles. The summed E-state index contributed by atoms with van der Waals surface area (Å²) in [7, 11) is 0. The van der Waals surface area contributed by atoms with E-state index in [0.717, 1.165) is 42.4 Å². The molecule has 3 aromatic carbocycles. The van der Waals surface area contributed by atoms with Gasteiger partial charge in [-0.05, 0) is 53.0 Å². The van der Waals surface area contributed by atoms with E-state index in [9.17, 15) is 9.59 Å². The Morgan fingerprint density at radius 1 is 0.875 bits per heavy atom. The topological polar surface area (TPSA) is 49.4 Å². The van der Waals surface area contributed by atoms with E-state index in [0.29, 0.717) is 24.3 Å². The number of nitrogens with zero attached hydrogens (tertiary/aromatic N) is 1.